The van der Waals surface area contributed by atoms with Crippen molar-refractivity contribution in [3.05, 3.63) is 34.1 Å². The number of primary amides is 1. The predicted octanol–water partition coefficient (Wildman–Crippen LogP) is 1.43. The summed E-state index contributed by atoms with van der Waals surface area (Å²) in [6, 6.07) is 4.28. The monoisotopic (exact) mass is 241 g/mol. The van der Waals surface area contributed by atoms with Gasteiger partial charge in [0.1, 0.15) is 5.82 Å². The van der Waals surface area contributed by atoms with Crippen LogP contribution in [0.2, 0.25) is 0 Å². The van der Waals surface area contributed by atoms with Crippen LogP contribution in [0.4, 0.5) is 4.39 Å². The van der Waals surface area contributed by atoms with Gasteiger partial charge in [0.25, 0.3) is 5.91 Å². The summed E-state index contributed by atoms with van der Waals surface area (Å²) >= 11 is 3.15. The molecule has 2 nitrogen and oxygen atoms in total. The largest absolute Gasteiger partial charge is 0.359 e. The van der Waals surface area contributed by atoms with Crippen LogP contribution in [0.15, 0.2) is 22.7 Å². The van der Waals surface area contributed by atoms with Gasteiger partial charge in [-0.2, -0.15) is 0 Å². The minimum atomic E-state index is -0.778. The number of rotatable bonds is 0. The van der Waals surface area contributed by atoms with Crippen molar-refractivity contribution in [1.82, 2.24) is 0 Å². The van der Waals surface area contributed by atoms with Gasteiger partial charge >= 0.3 is 0 Å². The highest BCUT2D eigenvalue weighted by molar-refractivity contribution is 9.10. The highest BCUT2D eigenvalue weighted by Crippen LogP contribution is 2.14. The number of carbonyl (C=O) groups excluding carboxylic acids is 1. The average molecular weight is 242 g/mol. The van der Waals surface area contributed by atoms with Crippen LogP contribution in [-0.4, -0.2) is 5.91 Å². The van der Waals surface area contributed by atoms with Crippen molar-refractivity contribution in [1.29, 1.82) is 0 Å². The molecule has 0 spiro atoms. The minimum absolute atomic E-state index is 0.146. The fraction of sp³-hybridized carbons (Fsp3) is 0. The first-order chi connectivity index (χ1) is 6.09. The molecular weight excluding hydrogens is 237 g/mol. The molecule has 0 aliphatic heterocycles. The lowest BCUT2D eigenvalue weighted by molar-refractivity contribution is -0.112. The van der Waals surface area contributed by atoms with Gasteiger partial charge in [0.2, 0.25) is 0 Å². The van der Waals surface area contributed by atoms with Crippen molar-refractivity contribution < 1.29 is 9.18 Å². The fourth-order valence-corrected chi connectivity index (χ4v) is 1.08. The highest BCUT2D eigenvalue weighted by Gasteiger charge is 1.98. The normalized spacial score (nSPS) is 8.77. The van der Waals surface area contributed by atoms with Crippen LogP contribution in [0.5, 0.6) is 0 Å². The Morgan fingerprint density at radius 2 is 2.23 bits per heavy atom. The molecule has 0 heterocycles. The second kappa shape index (κ2) is 4.06. The molecule has 0 atom stereocenters. The summed E-state index contributed by atoms with van der Waals surface area (Å²) < 4.78 is 13.6. The Hall–Kier alpha value is -1.34. The van der Waals surface area contributed by atoms with Gasteiger partial charge in [-0.1, -0.05) is 21.9 Å². The van der Waals surface area contributed by atoms with Crippen LogP contribution in [-0.2, 0) is 4.79 Å². The van der Waals surface area contributed by atoms with E-state index in [4.69, 9.17) is 5.73 Å². The number of nitrogens with two attached hydrogens (primary N) is 1. The molecule has 1 aromatic rings. The Morgan fingerprint density at radius 3 is 2.85 bits per heavy atom. The molecule has 0 radical (unpaired) electrons. The van der Waals surface area contributed by atoms with E-state index in [-0.39, 0.29) is 5.56 Å². The third kappa shape index (κ3) is 2.88. The molecule has 13 heavy (non-hydrogen) atoms. The molecule has 0 aliphatic carbocycles. The molecule has 0 saturated heterocycles. The summed E-state index contributed by atoms with van der Waals surface area (Å²) in [4.78, 5) is 10.3. The van der Waals surface area contributed by atoms with Crippen molar-refractivity contribution in [2.75, 3.05) is 0 Å². The third-order valence-electron chi connectivity index (χ3n) is 1.25. The first-order valence-electron chi connectivity index (χ1n) is 3.36. The van der Waals surface area contributed by atoms with E-state index in [0.717, 1.165) is 0 Å². The van der Waals surface area contributed by atoms with E-state index in [2.05, 4.69) is 27.8 Å². The van der Waals surface area contributed by atoms with Gasteiger partial charge in [-0.25, -0.2) is 4.39 Å². The highest BCUT2D eigenvalue weighted by atomic mass is 79.9. The number of amides is 1. The van der Waals surface area contributed by atoms with Crippen molar-refractivity contribution in [2.24, 2.45) is 5.73 Å². The molecule has 0 aliphatic rings. The lowest BCUT2D eigenvalue weighted by Crippen LogP contribution is -2.06. The maximum absolute atomic E-state index is 12.9. The Labute approximate surface area is 83.1 Å². The van der Waals surface area contributed by atoms with E-state index in [1.54, 1.807) is 6.07 Å². The molecule has 2 N–H and O–H groups in total. The number of hydrogen-bond acceptors (Lipinski definition) is 1. The van der Waals surface area contributed by atoms with Crippen LogP contribution in [0, 0.1) is 17.7 Å². The second-order valence-corrected chi connectivity index (χ2v) is 3.15. The van der Waals surface area contributed by atoms with Crippen LogP contribution < -0.4 is 5.73 Å². The number of carbonyl (C=O) groups is 1. The Morgan fingerprint density at radius 1 is 1.54 bits per heavy atom. The lowest BCUT2D eigenvalue weighted by Gasteiger charge is -1.93. The Kier molecular flexibility index (Phi) is 3.04. The number of benzene rings is 1. The van der Waals surface area contributed by atoms with Crippen molar-refractivity contribution in [3.8, 4) is 11.8 Å². The summed E-state index contributed by atoms with van der Waals surface area (Å²) in [5.74, 6) is 3.13. The van der Waals surface area contributed by atoms with Gasteiger partial charge in [0, 0.05) is 10.4 Å². The minimum Gasteiger partial charge on any atom is -0.359 e. The van der Waals surface area contributed by atoms with Crippen LogP contribution >= 0.6 is 15.9 Å². The van der Waals surface area contributed by atoms with E-state index in [1.807, 2.05) is 0 Å². The van der Waals surface area contributed by atoms with Crippen LogP contribution in [0.25, 0.3) is 0 Å². The van der Waals surface area contributed by atoms with Gasteiger partial charge in [-0.3, -0.25) is 4.79 Å². The van der Waals surface area contributed by atoms with E-state index in [0.29, 0.717) is 4.47 Å². The summed E-state index contributed by atoms with van der Waals surface area (Å²) in [6.45, 7) is 0. The zero-order chi connectivity index (χ0) is 9.84. The van der Waals surface area contributed by atoms with Crippen LogP contribution in [0.3, 0.4) is 0 Å². The van der Waals surface area contributed by atoms with Gasteiger partial charge in [0.05, 0.1) is 5.56 Å². The zero-order valence-electron chi connectivity index (χ0n) is 6.47. The molecule has 0 aromatic heterocycles. The average Bonchev–Trinajstić information content (AvgIpc) is 2.06. The van der Waals surface area contributed by atoms with Crippen LogP contribution in [0.1, 0.15) is 5.56 Å². The molecule has 66 valence electrons. The first kappa shape index (κ1) is 9.75. The summed E-state index contributed by atoms with van der Waals surface area (Å²) in [6.07, 6.45) is 0. The molecule has 0 fully saturated rings. The first-order valence-corrected chi connectivity index (χ1v) is 4.15. The molecule has 4 heteroatoms. The maximum Gasteiger partial charge on any atom is 0.293 e. The zero-order valence-corrected chi connectivity index (χ0v) is 8.06. The Bertz CT molecular complexity index is 406. The standard InChI is InChI=1S/C9H5BrFNO/c10-7-2-3-8(11)6(5-7)1-4-9(12)13/h2-3,5H,(H2,12,13). The lowest BCUT2D eigenvalue weighted by atomic mass is 10.2. The fourth-order valence-electron chi connectivity index (χ4n) is 0.722. The van der Waals surface area contributed by atoms with Crippen molar-refractivity contribution >= 4 is 21.8 Å². The molecule has 0 bridgehead atoms. The molecule has 1 amide bonds. The quantitative estimate of drug-likeness (QED) is 0.687. The van der Waals surface area contributed by atoms with Crippen molar-refractivity contribution in [2.45, 2.75) is 0 Å². The van der Waals surface area contributed by atoms with E-state index >= 15 is 0 Å². The Balaban J connectivity index is 3.09. The molecule has 1 aromatic carbocycles. The third-order valence-corrected chi connectivity index (χ3v) is 1.74. The number of hydrogen-bond donors (Lipinski definition) is 1. The predicted molar refractivity (Wildman–Crippen MR) is 50.2 cm³/mol. The van der Waals surface area contributed by atoms with Crippen molar-refractivity contribution in [3.63, 3.8) is 0 Å². The SMILES string of the molecule is NC(=O)C#Cc1cc(Br)ccc1F. The molecular formula is C9H5BrFNO. The summed E-state index contributed by atoms with van der Waals surface area (Å²) in [5.41, 5.74) is 4.93. The molecule has 1 rings (SSSR count). The topological polar surface area (TPSA) is 43.1 Å². The summed E-state index contributed by atoms with van der Waals surface area (Å²) in [5, 5.41) is 0. The van der Waals surface area contributed by atoms with E-state index in [9.17, 15) is 9.18 Å². The second-order valence-electron chi connectivity index (χ2n) is 2.24. The summed E-state index contributed by atoms with van der Waals surface area (Å²) in [7, 11) is 0. The number of halogens is 2. The van der Waals surface area contributed by atoms with Gasteiger partial charge < -0.3 is 5.73 Å². The van der Waals surface area contributed by atoms with Gasteiger partial charge in [0.15, 0.2) is 0 Å². The van der Waals surface area contributed by atoms with E-state index in [1.165, 1.54) is 12.1 Å². The van der Waals surface area contributed by atoms with Gasteiger partial charge in [-0.15, -0.1) is 0 Å². The molecule has 0 saturated carbocycles. The molecule has 0 unspecified atom stereocenters. The smallest absolute Gasteiger partial charge is 0.293 e. The van der Waals surface area contributed by atoms with Gasteiger partial charge in [-0.05, 0) is 18.2 Å². The maximum atomic E-state index is 12.9. The van der Waals surface area contributed by atoms with E-state index < -0.39 is 11.7 Å².